The highest BCUT2D eigenvalue weighted by molar-refractivity contribution is 5.86. The summed E-state index contributed by atoms with van der Waals surface area (Å²) in [5.74, 6) is -0.502. The Morgan fingerprint density at radius 2 is 1.88 bits per heavy atom. The molecule has 1 aromatic heterocycles. The quantitative estimate of drug-likeness (QED) is 0.741. The Balaban J connectivity index is 2.07. The van der Waals surface area contributed by atoms with Crippen LogP contribution in [0.4, 0.5) is 5.95 Å². The van der Waals surface area contributed by atoms with Crippen molar-refractivity contribution in [1.82, 2.24) is 9.97 Å². The fourth-order valence-corrected chi connectivity index (χ4v) is 1.66. The topological polar surface area (TPSA) is 86.5 Å². The number of hydrogen-bond acceptors (Lipinski definition) is 5. The molecule has 2 rings (SSSR count). The van der Waals surface area contributed by atoms with Gasteiger partial charge in [0.2, 0.25) is 5.95 Å². The second kappa shape index (κ2) is 4.44. The van der Waals surface area contributed by atoms with Crippen LogP contribution in [0.15, 0.2) is 12.4 Å². The molecular weight excluding hydrogens is 210 g/mol. The van der Waals surface area contributed by atoms with Gasteiger partial charge in [0.05, 0.1) is 11.7 Å². The van der Waals surface area contributed by atoms with Crippen LogP contribution in [0, 0.1) is 0 Å². The summed E-state index contributed by atoms with van der Waals surface area (Å²) in [5.41, 5.74) is 0.0841. The normalized spacial score (nSPS) is 17.4. The van der Waals surface area contributed by atoms with Crippen molar-refractivity contribution in [1.29, 1.82) is 0 Å². The first-order valence-electron chi connectivity index (χ1n) is 5.15. The molecule has 2 N–H and O–H groups in total. The average molecular weight is 223 g/mol. The van der Waals surface area contributed by atoms with E-state index in [0.717, 1.165) is 0 Å². The van der Waals surface area contributed by atoms with Gasteiger partial charge in [0.25, 0.3) is 0 Å². The Labute approximate surface area is 92.6 Å². The summed E-state index contributed by atoms with van der Waals surface area (Å²) in [6, 6.07) is 0. The Morgan fingerprint density at radius 1 is 1.31 bits per heavy atom. The lowest BCUT2D eigenvalue weighted by Gasteiger charge is -2.29. The Hall–Kier alpha value is -1.69. The molecule has 6 heteroatoms. The maximum atomic E-state index is 10.6. The van der Waals surface area contributed by atoms with Crippen LogP contribution in [0.1, 0.15) is 23.2 Å². The van der Waals surface area contributed by atoms with Crippen molar-refractivity contribution < 1.29 is 15.0 Å². The third kappa shape index (κ3) is 2.27. The fraction of sp³-hybridized carbons (Fsp3) is 0.500. The zero-order valence-electron chi connectivity index (χ0n) is 8.70. The van der Waals surface area contributed by atoms with Crippen molar-refractivity contribution >= 4 is 11.9 Å². The van der Waals surface area contributed by atoms with E-state index in [-0.39, 0.29) is 11.7 Å². The van der Waals surface area contributed by atoms with Crippen molar-refractivity contribution in [3.63, 3.8) is 0 Å². The highest BCUT2D eigenvalue weighted by atomic mass is 16.4. The third-order valence-electron chi connectivity index (χ3n) is 2.63. The summed E-state index contributed by atoms with van der Waals surface area (Å²) in [4.78, 5) is 20.5. The van der Waals surface area contributed by atoms with Gasteiger partial charge in [-0.25, -0.2) is 14.8 Å². The SMILES string of the molecule is O=C(O)c1cnc(N2CCC(O)CC2)nc1. The summed E-state index contributed by atoms with van der Waals surface area (Å²) in [6.07, 6.45) is 3.76. The predicted molar refractivity (Wildman–Crippen MR) is 56.4 cm³/mol. The van der Waals surface area contributed by atoms with Crippen LogP contribution in [0.2, 0.25) is 0 Å². The van der Waals surface area contributed by atoms with E-state index in [1.54, 1.807) is 0 Å². The van der Waals surface area contributed by atoms with Gasteiger partial charge in [0.1, 0.15) is 0 Å². The standard InChI is InChI=1S/C10H13N3O3/c14-8-1-3-13(4-2-8)10-11-5-7(6-12-10)9(15)16/h5-6,8,14H,1-4H2,(H,15,16). The summed E-state index contributed by atoms with van der Waals surface area (Å²) in [7, 11) is 0. The Kier molecular flexibility index (Phi) is 3.00. The number of rotatable bonds is 2. The van der Waals surface area contributed by atoms with Crippen molar-refractivity contribution in [2.24, 2.45) is 0 Å². The number of aliphatic hydroxyl groups is 1. The van der Waals surface area contributed by atoms with Crippen LogP contribution < -0.4 is 4.90 Å². The van der Waals surface area contributed by atoms with E-state index >= 15 is 0 Å². The molecule has 16 heavy (non-hydrogen) atoms. The van der Waals surface area contributed by atoms with Gasteiger partial charge in [0, 0.05) is 25.5 Å². The van der Waals surface area contributed by atoms with E-state index in [4.69, 9.17) is 5.11 Å². The van der Waals surface area contributed by atoms with Crippen LogP contribution in [-0.4, -0.2) is 45.3 Å². The van der Waals surface area contributed by atoms with E-state index in [0.29, 0.717) is 31.9 Å². The molecule has 1 aromatic rings. The van der Waals surface area contributed by atoms with Gasteiger partial charge in [-0.3, -0.25) is 0 Å². The summed E-state index contributed by atoms with van der Waals surface area (Å²) in [6.45, 7) is 1.40. The molecule has 0 aliphatic carbocycles. The average Bonchev–Trinajstić information content (AvgIpc) is 2.30. The Morgan fingerprint density at radius 3 is 2.38 bits per heavy atom. The molecule has 1 aliphatic heterocycles. The minimum Gasteiger partial charge on any atom is -0.478 e. The second-order valence-electron chi connectivity index (χ2n) is 3.80. The number of nitrogens with zero attached hydrogens (tertiary/aromatic N) is 3. The highest BCUT2D eigenvalue weighted by Gasteiger charge is 2.19. The molecule has 1 aliphatic rings. The lowest BCUT2D eigenvalue weighted by atomic mass is 10.1. The molecule has 86 valence electrons. The van der Waals surface area contributed by atoms with Crippen molar-refractivity contribution in [2.45, 2.75) is 18.9 Å². The van der Waals surface area contributed by atoms with Crippen LogP contribution in [-0.2, 0) is 0 Å². The number of aromatic nitrogens is 2. The second-order valence-corrected chi connectivity index (χ2v) is 3.80. The zero-order valence-corrected chi connectivity index (χ0v) is 8.70. The number of piperidine rings is 1. The lowest BCUT2D eigenvalue weighted by Crippen LogP contribution is -2.36. The minimum absolute atomic E-state index is 0.0841. The van der Waals surface area contributed by atoms with Gasteiger partial charge in [-0.15, -0.1) is 0 Å². The van der Waals surface area contributed by atoms with Crippen molar-refractivity contribution in [2.75, 3.05) is 18.0 Å². The fourth-order valence-electron chi connectivity index (χ4n) is 1.66. The van der Waals surface area contributed by atoms with Crippen LogP contribution in [0.3, 0.4) is 0 Å². The van der Waals surface area contributed by atoms with E-state index in [2.05, 4.69) is 9.97 Å². The van der Waals surface area contributed by atoms with Crippen molar-refractivity contribution in [3.05, 3.63) is 18.0 Å². The van der Waals surface area contributed by atoms with Gasteiger partial charge in [0.15, 0.2) is 0 Å². The van der Waals surface area contributed by atoms with E-state index < -0.39 is 5.97 Å². The smallest absolute Gasteiger partial charge is 0.338 e. The van der Waals surface area contributed by atoms with Crippen molar-refractivity contribution in [3.8, 4) is 0 Å². The summed E-state index contributed by atoms with van der Waals surface area (Å²) >= 11 is 0. The maximum absolute atomic E-state index is 10.6. The molecule has 0 atom stereocenters. The van der Waals surface area contributed by atoms with Gasteiger partial charge < -0.3 is 15.1 Å². The number of carbonyl (C=O) groups is 1. The molecule has 0 bridgehead atoms. The summed E-state index contributed by atoms with van der Waals surface area (Å²) in [5, 5.41) is 18.0. The molecule has 0 radical (unpaired) electrons. The Bertz CT molecular complexity index is 371. The zero-order chi connectivity index (χ0) is 11.5. The lowest BCUT2D eigenvalue weighted by molar-refractivity contribution is 0.0696. The predicted octanol–water partition coefficient (Wildman–Crippen LogP) is 0.136. The molecular formula is C10H13N3O3. The van der Waals surface area contributed by atoms with Gasteiger partial charge in [-0.05, 0) is 12.8 Å². The third-order valence-corrected chi connectivity index (χ3v) is 2.63. The highest BCUT2D eigenvalue weighted by Crippen LogP contribution is 2.15. The molecule has 6 nitrogen and oxygen atoms in total. The van der Waals surface area contributed by atoms with Crippen LogP contribution in [0.5, 0.6) is 0 Å². The van der Waals surface area contributed by atoms with Crippen LogP contribution >= 0.6 is 0 Å². The molecule has 0 spiro atoms. The molecule has 2 heterocycles. The largest absolute Gasteiger partial charge is 0.478 e. The number of aliphatic hydroxyl groups excluding tert-OH is 1. The number of anilines is 1. The molecule has 0 saturated carbocycles. The van der Waals surface area contributed by atoms with E-state index in [9.17, 15) is 9.90 Å². The van der Waals surface area contributed by atoms with Crippen LogP contribution in [0.25, 0.3) is 0 Å². The van der Waals surface area contributed by atoms with Gasteiger partial charge >= 0.3 is 5.97 Å². The molecule has 0 unspecified atom stereocenters. The first-order chi connectivity index (χ1) is 7.66. The summed E-state index contributed by atoms with van der Waals surface area (Å²) < 4.78 is 0. The molecule has 0 aromatic carbocycles. The first kappa shape index (κ1) is 10.8. The molecule has 1 fully saturated rings. The van der Waals surface area contributed by atoms with E-state index in [1.165, 1.54) is 12.4 Å². The number of hydrogen-bond donors (Lipinski definition) is 2. The monoisotopic (exact) mass is 223 g/mol. The van der Waals surface area contributed by atoms with Gasteiger partial charge in [-0.2, -0.15) is 0 Å². The molecule has 1 saturated heterocycles. The van der Waals surface area contributed by atoms with Gasteiger partial charge in [-0.1, -0.05) is 0 Å². The number of carboxylic acids is 1. The number of carboxylic acid groups (broad SMARTS) is 1. The number of aromatic carboxylic acids is 1. The minimum atomic E-state index is -1.03. The van der Waals surface area contributed by atoms with E-state index in [1.807, 2.05) is 4.90 Å². The molecule has 0 amide bonds. The first-order valence-corrected chi connectivity index (χ1v) is 5.15. The maximum Gasteiger partial charge on any atom is 0.338 e.